The van der Waals surface area contributed by atoms with Crippen molar-refractivity contribution in [3.05, 3.63) is 28.9 Å². The van der Waals surface area contributed by atoms with E-state index in [0.717, 1.165) is 41.0 Å². The summed E-state index contributed by atoms with van der Waals surface area (Å²) in [4.78, 5) is 18.6. The van der Waals surface area contributed by atoms with E-state index in [1.54, 1.807) is 7.11 Å². The van der Waals surface area contributed by atoms with Crippen LogP contribution < -0.4 is 5.32 Å². The number of carbonyl (C=O) groups excluding carboxylic acids is 1. The third-order valence-corrected chi connectivity index (χ3v) is 4.75. The first kappa shape index (κ1) is 16.8. The van der Waals surface area contributed by atoms with Gasteiger partial charge in [0.15, 0.2) is 0 Å². The van der Waals surface area contributed by atoms with Crippen LogP contribution in [0.25, 0.3) is 0 Å². The first-order chi connectivity index (χ1) is 11.7. The van der Waals surface area contributed by atoms with Crippen molar-refractivity contribution in [2.24, 2.45) is 0 Å². The topological polar surface area (TPSA) is 80.2 Å². The molecule has 0 aliphatic carbocycles. The lowest BCUT2D eigenvalue weighted by Gasteiger charge is -2.32. The molecule has 0 bridgehead atoms. The summed E-state index contributed by atoms with van der Waals surface area (Å²) < 4.78 is 4.96. The Balaban J connectivity index is 1.70. The van der Waals surface area contributed by atoms with E-state index in [9.17, 15) is 4.79 Å². The average molecular weight is 347 g/mol. The van der Waals surface area contributed by atoms with Gasteiger partial charge in [-0.15, -0.1) is 10.2 Å². The number of nitrogens with zero attached hydrogens (tertiary/aromatic N) is 4. The summed E-state index contributed by atoms with van der Waals surface area (Å²) in [6, 6.07) is 5.91. The van der Waals surface area contributed by atoms with Gasteiger partial charge in [-0.1, -0.05) is 17.4 Å². The summed E-state index contributed by atoms with van der Waals surface area (Å²) in [6.45, 7) is 3.54. The molecule has 0 aromatic carbocycles. The monoisotopic (exact) mass is 347 g/mol. The molecule has 1 aliphatic rings. The maximum Gasteiger partial charge on any atom is 0.248 e. The summed E-state index contributed by atoms with van der Waals surface area (Å²) in [5.41, 5.74) is 0.996. The minimum Gasteiger partial charge on any atom is -0.375 e. The SMILES string of the molecule is COCC(=O)N1CCCC(c2cccc(Nc3nnc(C)s3)n2)C1. The van der Waals surface area contributed by atoms with Gasteiger partial charge in [-0.25, -0.2) is 4.98 Å². The quantitative estimate of drug-likeness (QED) is 0.894. The largest absolute Gasteiger partial charge is 0.375 e. The summed E-state index contributed by atoms with van der Waals surface area (Å²) in [6.07, 6.45) is 2.01. The number of pyridine rings is 1. The molecular formula is C16H21N5O2S. The number of rotatable bonds is 5. The van der Waals surface area contributed by atoms with Crippen molar-refractivity contribution in [3.63, 3.8) is 0 Å². The van der Waals surface area contributed by atoms with Gasteiger partial charge < -0.3 is 15.0 Å². The first-order valence-electron chi connectivity index (χ1n) is 7.96. The van der Waals surface area contributed by atoms with Gasteiger partial charge in [-0.05, 0) is 31.9 Å². The predicted octanol–water partition coefficient (Wildman–Crippen LogP) is 2.34. The van der Waals surface area contributed by atoms with E-state index in [1.165, 1.54) is 11.3 Å². The number of aryl methyl sites for hydroxylation is 1. The Morgan fingerprint density at radius 1 is 1.46 bits per heavy atom. The van der Waals surface area contributed by atoms with Crippen LogP contribution in [0, 0.1) is 6.92 Å². The van der Waals surface area contributed by atoms with Crippen LogP contribution in [0.3, 0.4) is 0 Å². The number of ether oxygens (including phenoxy) is 1. The Bertz CT molecular complexity index is 705. The highest BCUT2D eigenvalue weighted by atomic mass is 32.1. The van der Waals surface area contributed by atoms with Gasteiger partial charge in [-0.3, -0.25) is 4.79 Å². The Labute approximate surface area is 145 Å². The fourth-order valence-electron chi connectivity index (χ4n) is 2.86. The van der Waals surface area contributed by atoms with Crippen LogP contribution in [0.5, 0.6) is 0 Å². The van der Waals surface area contributed by atoms with Crippen molar-refractivity contribution in [2.45, 2.75) is 25.7 Å². The van der Waals surface area contributed by atoms with Crippen LogP contribution in [0.4, 0.5) is 10.9 Å². The first-order valence-corrected chi connectivity index (χ1v) is 8.78. The second kappa shape index (κ2) is 7.67. The molecule has 2 aromatic rings. The van der Waals surface area contributed by atoms with E-state index in [1.807, 2.05) is 30.0 Å². The molecule has 24 heavy (non-hydrogen) atoms. The fraction of sp³-hybridized carbons (Fsp3) is 0.500. The molecular weight excluding hydrogens is 326 g/mol. The summed E-state index contributed by atoms with van der Waals surface area (Å²) in [5, 5.41) is 12.9. The molecule has 1 N–H and O–H groups in total. The Morgan fingerprint density at radius 3 is 3.08 bits per heavy atom. The number of nitrogens with one attached hydrogen (secondary N) is 1. The van der Waals surface area contributed by atoms with Gasteiger partial charge in [0.2, 0.25) is 11.0 Å². The maximum absolute atomic E-state index is 12.0. The van der Waals surface area contributed by atoms with Crippen LogP contribution in [0.1, 0.15) is 29.5 Å². The highest BCUT2D eigenvalue weighted by Crippen LogP contribution is 2.27. The zero-order valence-electron chi connectivity index (χ0n) is 13.9. The predicted molar refractivity (Wildman–Crippen MR) is 92.6 cm³/mol. The van der Waals surface area contributed by atoms with Gasteiger partial charge in [-0.2, -0.15) is 0 Å². The van der Waals surface area contributed by atoms with Crippen molar-refractivity contribution in [2.75, 3.05) is 32.1 Å². The average Bonchev–Trinajstić information content (AvgIpc) is 3.00. The number of amides is 1. The van der Waals surface area contributed by atoms with Gasteiger partial charge >= 0.3 is 0 Å². The third-order valence-electron chi connectivity index (χ3n) is 3.99. The van der Waals surface area contributed by atoms with Gasteiger partial charge in [0.1, 0.15) is 17.4 Å². The molecule has 3 heterocycles. The number of anilines is 2. The lowest BCUT2D eigenvalue weighted by Crippen LogP contribution is -2.41. The number of hydrogen-bond acceptors (Lipinski definition) is 7. The lowest BCUT2D eigenvalue weighted by atomic mass is 9.94. The smallest absolute Gasteiger partial charge is 0.248 e. The molecule has 8 heteroatoms. The van der Waals surface area contributed by atoms with Crippen LogP contribution in [-0.2, 0) is 9.53 Å². The van der Waals surface area contributed by atoms with E-state index >= 15 is 0 Å². The number of methoxy groups -OCH3 is 1. The third kappa shape index (κ3) is 4.07. The summed E-state index contributed by atoms with van der Waals surface area (Å²) >= 11 is 1.49. The molecule has 7 nitrogen and oxygen atoms in total. The molecule has 1 unspecified atom stereocenters. The summed E-state index contributed by atoms with van der Waals surface area (Å²) in [7, 11) is 1.55. The van der Waals surface area contributed by atoms with Crippen molar-refractivity contribution in [3.8, 4) is 0 Å². The molecule has 1 amide bonds. The van der Waals surface area contributed by atoms with Crippen molar-refractivity contribution >= 4 is 28.2 Å². The van der Waals surface area contributed by atoms with Gasteiger partial charge in [0.25, 0.3) is 0 Å². The van der Waals surface area contributed by atoms with E-state index < -0.39 is 0 Å². The van der Waals surface area contributed by atoms with E-state index in [0.29, 0.717) is 6.54 Å². The second-order valence-electron chi connectivity index (χ2n) is 5.81. The zero-order valence-corrected chi connectivity index (χ0v) is 14.7. The Hall–Kier alpha value is -2.06. The number of likely N-dealkylation sites (tertiary alicyclic amines) is 1. The number of piperidine rings is 1. The van der Waals surface area contributed by atoms with Crippen LogP contribution in [0.2, 0.25) is 0 Å². The zero-order chi connectivity index (χ0) is 16.9. The van der Waals surface area contributed by atoms with Crippen LogP contribution >= 0.6 is 11.3 Å². The van der Waals surface area contributed by atoms with Crippen LogP contribution in [0.15, 0.2) is 18.2 Å². The molecule has 128 valence electrons. The van der Waals surface area contributed by atoms with Gasteiger partial charge in [0.05, 0.1) is 0 Å². The Morgan fingerprint density at radius 2 is 2.33 bits per heavy atom. The normalized spacial score (nSPS) is 17.8. The summed E-state index contributed by atoms with van der Waals surface area (Å²) in [5.74, 6) is 1.04. The van der Waals surface area contributed by atoms with Crippen molar-refractivity contribution in [1.82, 2.24) is 20.1 Å². The second-order valence-corrected chi connectivity index (χ2v) is 6.99. The molecule has 1 saturated heterocycles. The molecule has 3 rings (SSSR count). The van der Waals surface area contributed by atoms with Crippen LogP contribution in [-0.4, -0.2) is 52.8 Å². The molecule has 1 fully saturated rings. The minimum atomic E-state index is 0.0424. The minimum absolute atomic E-state index is 0.0424. The van der Waals surface area contributed by atoms with Crippen molar-refractivity contribution in [1.29, 1.82) is 0 Å². The number of aromatic nitrogens is 3. The van der Waals surface area contributed by atoms with Crippen molar-refractivity contribution < 1.29 is 9.53 Å². The molecule has 1 aliphatic heterocycles. The maximum atomic E-state index is 12.0. The standard InChI is InChI=1S/C16H21N5O2S/c1-11-19-20-16(24-11)18-14-7-3-6-13(17-14)12-5-4-8-21(9-12)15(22)10-23-2/h3,6-7,12H,4-5,8-10H2,1-2H3,(H,17,18,20). The van der Waals surface area contributed by atoms with E-state index in [2.05, 4.69) is 15.5 Å². The fourth-order valence-corrected chi connectivity index (χ4v) is 3.46. The highest BCUT2D eigenvalue weighted by molar-refractivity contribution is 7.15. The van der Waals surface area contributed by atoms with Gasteiger partial charge in [0, 0.05) is 31.8 Å². The molecule has 0 radical (unpaired) electrons. The lowest BCUT2D eigenvalue weighted by molar-refractivity contribution is -0.136. The van der Waals surface area contributed by atoms with E-state index in [-0.39, 0.29) is 18.4 Å². The highest BCUT2D eigenvalue weighted by Gasteiger charge is 2.25. The molecule has 2 aromatic heterocycles. The molecule has 0 saturated carbocycles. The Kier molecular flexibility index (Phi) is 5.37. The number of carbonyl (C=O) groups is 1. The van der Waals surface area contributed by atoms with E-state index in [4.69, 9.17) is 9.72 Å². The number of hydrogen-bond donors (Lipinski definition) is 1. The molecule has 0 spiro atoms. The molecule has 1 atom stereocenters.